The summed E-state index contributed by atoms with van der Waals surface area (Å²) in [6.07, 6.45) is 3.72. The highest BCUT2D eigenvalue weighted by Gasteiger charge is 2.55. The number of benzene rings is 2. The first-order valence-electron chi connectivity index (χ1n) is 14.1. The Bertz CT molecular complexity index is 1410. The van der Waals surface area contributed by atoms with Gasteiger partial charge in [-0.15, -0.1) is 0 Å². The van der Waals surface area contributed by atoms with Crippen molar-refractivity contribution in [2.24, 2.45) is 5.92 Å². The Morgan fingerprint density at radius 3 is 2.64 bits per heavy atom. The summed E-state index contributed by atoms with van der Waals surface area (Å²) in [6, 6.07) is 12.4. The molecule has 2 atom stereocenters. The second kappa shape index (κ2) is 9.90. The van der Waals surface area contributed by atoms with E-state index in [0.29, 0.717) is 13.0 Å². The van der Waals surface area contributed by atoms with Gasteiger partial charge in [0.1, 0.15) is 17.0 Å². The van der Waals surface area contributed by atoms with Crippen molar-refractivity contribution in [1.82, 2.24) is 19.7 Å². The molecule has 0 saturated carbocycles. The molecule has 1 aromatic heterocycles. The van der Waals surface area contributed by atoms with Gasteiger partial charge in [-0.25, -0.2) is 0 Å². The van der Waals surface area contributed by atoms with Gasteiger partial charge < -0.3 is 29.5 Å². The van der Waals surface area contributed by atoms with Crippen molar-refractivity contribution < 1.29 is 19.4 Å². The van der Waals surface area contributed by atoms with Crippen LogP contribution in [0.5, 0.6) is 11.5 Å². The summed E-state index contributed by atoms with van der Waals surface area (Å²) < 4.78 is 5.51. The van der Waals surface area contributed by atoms with Gasteiger partial charge in [0.15, 0.2) is 0 Å². The van der Waals surface area contributed by atoms with Gasteiger partial charge in [0, 0.05) is 29.6 Å². The number of rotatable bonds is 6. The lowest BCUT2D eigenvalue weighted by atomic mass is 9.78. The number of likely N-dealkylation sites (tertiary alicyclic amines) is 1. The molecule has 0 radical (unpaired) electrons. The maximum Gasteiger partial charge on any atom is 0.249 e. The number of fused-ring (bicyclic) bond motifs is 4. The minimum absolute atomic E-state index is 0.0117. The maximum atomic E-state index is 14.2. The van der Waals surface area contributed by atoms with E-state index < -0.39 is 11.6 Å². The van der Waals surface area contributed by atoms with Crippen LogP contribution >= 0.6 is 0 Å². The SMILES string of the molecule is COc1ccc2[nH]c3c(c2c1)C[C@@]1(C)C(=O)N(CCCN2CCC(C)CC2)CC(=O)N1[C@@H]3c1cccc(O)c1. The predicted octanol–water partition coefficient (Wildman–Crippen LogP) is 4.08. The molecule has 206 valence electrons. The molecule has 3 aromatic rings. The Hall–Kier alpha value is -3.52. The van der Waals surface area contributed by atoms with E-state index in [9.17, 15) is 14.7 Å². The van der Waals surface area contributed by atoms with Crippen LogP contribution in [0.1, 0.15) is 56.0 Å². The Morgan fingerprint density at radius 1 is 1.10 bits per heavy atom. The monoisotopic (exact) mass is 530 g/mol. The van der Waals surface area contributed by atoms with Gasteiger partial charge in [-0.2, -0.15) is 0 Å². The number of nitrogens with one attached hydrogen (secondary N) is 1. The average molecular weight is 531 g/mol. The van der Waals surface area contributed by atoms with Gasteiger partial charge >= 0.3 is 0 Å². The van der Waals surface area contributed by atoms with Crippen molar-refractivity contribution in [2.75, 3.05) is 39.8 Å². The molecule has 2 amide bonds. The van der Waals surface area contributed by atoms with E-state index in [1.165, 1.54) is 12.8 Å². The molecule has 0 unspecified atom stereocenters. The van der Waals surface area contributed by atoms with E-state index in [2.05, 4.69) is 16.8 Å². The summed E-state index contributed by atoms with van der Waals surface area (Å²) >= 11 is 0. The Morgan fingerprint density at radius 2 is 1.90 bits per heavy atom. The van der Waals surface area contributed by atoms with Crippen molar-refractivity contribution >= 4 is 22.7 Å². The second-order valence-electron chi connectivity index (χ2n) is 11.7. The van der Waals surface area contributed by atoms with Crippen molar-refractivity contribution in [3.05, 3.63) is 59.3 Å². The smallest absolute Gasteiger partial charge is 0.249 e. The molecule has 3 aliphatic rings. The third-order valence-corrected chi connectivity index (χ3v) is 9.04. The van der Waals surface area contributed by atoms with E-state index in [-0.39, 0.29) is 24.1 Å². The first-order valence-corrected chi connectivity index (χ1v) is 14.1. The Labute approximate surface area is 229 Å². The van der Waals surface area contributed by atoms with E-state index in [4.69, 9.17) is 4.74 Å². The molecule has 8 nitrogen and oxygen atoms in total. The Kier molecular flexibility index (Phi) is 6.53. The molecule has 0 aliphatic carbocycles. The van der Waals surface area contributed by atoms with Gasteiger partial charge in [-0.05, 0) is 93.2 Å². The molecule has 2 saturated heterocycles. The molecular weight excluding hydrogens is 492 g/mol. The third-order valence-electron chi connectivity index (χ3n) is 9.04. The van der Waals surface area contributed by atoms with Crippen LogP contribution in [0, 0.1) is 5.92 Å². The molecule has 39 heavy (non-hydrogen) atoms. The second-order valence-corrected chi connectivity index (χ2v) is 11.7. The van der Waals surface area contributed by atoms with Crippen LogP contribution in [0.25, 0.3) is 10.9 Å². The molecule has 2 aromatic carbocycles. The summed E-state index contributed by atoms with van der Waals surface area (Å²) in [6.45, 7) is 8.03. The molecular formula is C31H38N4O4. The van der Waals surface area contributed by atoms with Crippen LogP contribution in [-0.2, 0) is 16.0 Å². The number of hydrogen-bond donors (Lipinski definition) is 2. The number of phenolic OH excluding ortho intramolecular Hbond substituents is 1. The number of aromatic hydroxyl groups is 1. The largest absolute Gasteiger partial charge is 0.508 e. The summed E-state index contributed by atoms with van der Waals surface area (Å²) in [5.74, 6) is 1.57. The van der Waals surface area contributed by atoms with Crippen molar-refractivity contribution in [1.29, 1.82) is 0 Å². The molecule has 8 heteroatoms. The number of methoxy groups -OCH3 is 1. The standard InChI is InChI=1S/C31H38N4O4/c1-20-10-14-33(15-11-20)12-5-13-34-19-27(37)35-29(21-6-4-7-22(36)16-21)28-25(18-31(35,2)30(34)38)24-17-23(39-3)8-9-26(24)32-28/h4,6-9,16-17,20,29,32,36H,5,10-15,18-19H2,1-3H3/t29-,31+/m1/s1. The molecule has 2 fully saturated rings. The zero-order valence-electron chi connectivity index (χ0n) is 23.1. The topological polar surface area (TPSA) is 89.1 Å². The van der Waals surface area contributed by atoms with E-state index in [1.54, 1.807) is 35.1 Å². The number of nitrogens with zero attached hydrogens (tertiary/aromatic N) is 3. The van der Waals surface area contributed by atoms with E-state index in [1.807, 2.05) is 31.2 Å². The van der Waals surface area contributed by atoms with E-state index in [0.717, 1.165) is 65.4 Å². The van der Waals surface area contributed by atoms with Crippen molar-refractivity contribution in [2.45, 2.75) is 51.1 Å². The molecule has 4 heterocycles. The maximum absolute atomic E-state index is 14.2. The summed E-state index contributed by atoms with van der Waals surface area (Å²) in [4.78, 5) is 37.7. The van der Waals surface area contributed by atoms with E-state index >= 15 is 0 Å². The van der Waals surface area contributed by atoms with Crippen LogP contribution in [0.15, 0.2) is 42.5 Å². The molecule has 0 bridgehead atoms. The predicted molar refractivity (Wildman–Crippen MR) is 150 cm³/mol. The normalized spacial score (nSPS) is 24.2. The number of piperazine rings is 1. The fourth-order valence-electron chi connectivity index (χ4n) is 6.85. The number of hydrogen-bond acceptors (Lipinski definition) is 5. The fraction of sp³-hybridized carbons (Fsp3) is 0.484. The lowest BCUT2D eigenvalue weighted by Crippen LogP contribution is -2.70. The number of phenols is 1. The zero-order chi connectivity index (χ0) is 27.3. The van der Waals surface area contributed by atoms with Gasteiger partial charge in [0.25, 0.3) is 0 Å². The number of aromatic amines is 1. The number of carbonyl (C=O) groups is 2. The van der Waals surface area contributed by atoms with Crippen LogP contribution in [0.3, 0.4) is 0 Å². The van der Waals surface area contributed by atoms with Gasteiger partial charge in [0.05, 0.1) is 19.7 Å². The van der Waals surface area contributed by atoms with Crippen LogP contribution in [0.2, 0.25) is 0 Å². The summed E-state index contributed by atoms with van der Waals surface area (Å²) in [7, 11) is 1.64. The quantitative estimate of drug-likeness (QED) is 0.502. The minimum atomic E-state index is -1.04. The number of aromatic nitrogens is 1. The summed E-state index contributed by atoms with van der Waals surface area (Å²) in [5.41, 5.74) is 2.56. The molecule has 6 rings (SSSR count). The number of piperidine rings is 1. The number of amides is 2. The fourth-order valence-corrected chi connectivity index (χ4v) is 6.85. The van der Waals surface area contributed by atoms with Crippen LogP contribution in [-0.4, -0.2) is 82.0 Å². The number of H-pyrrole nitrogens is 1. The molecule has 3 aliphatic heterocycles. The lowest BCUT2D eigenvalue weighted by Gasteiger charge is -2.53. The van der Waals surface area contributed by atoms with Crippen LogP contribution in [0.4, 0.5) is 0 Å². The lowest BCUT2D eigenvalue weighted by molar-refractivity contribution is -0.167. The summed E-state index contributed by atoms with van der Waals surface area (Å²) in [5, 5.41) is 11.3. The van der Waals surface area contributed by atoms with Crippen molar-refractivity contribution in [3.63, 3.8) is 0 Å². The average Bonchev–Trinajstić information content (AvgIpc) is 3.28. The number of carbonyl (C=O) groups excluding carboxylic acids is 2. The van der Waals surface area contributed by atoms with Gasteiger partial charge in [-0.3, -0.25) is 9.59 Å². The minimum Gasteiger partial charge on any atom is -0.508 e. The third kappa shape index (κ3) is 4.44. The van der Waals surface area contributed by atoms with Crippen LogP contribution < -0.4 is 4.74 Å². The highest BCUT2D eigenvalue weighted by molar-refractivity contribution is 6.00. The van der Waals surface area contributed by atoms with Gasteiger partial charge in [-0.1, -0.05) is 19.1 Å². The molecule has 2 N–H and O–H groups in total. The molecule has 0 spiro atoms. The Balaban J connectivity index is 1.35. The number of ether oxygens (including phenoxy) is 1. The van der Waals surface area contributed by atoms with Crippen molar-refractivity contribution in [3.8, 4) is 11.5 Å². The van der Waals surface area contributed by atoms with Gasteiger partial charge in [0.2, 0.25) is 11.8 Å². The first-order chi connectivity index (χ1) is 18.8. The highest BCUT2D eigenvalue weighted by Crippen LogP contribution is 2.47. The first kappa shape index (κ1) is 25.7. The zero-order valence-corrected chi connectivity index (χ0v) is 23.1. The highest BCUT2D eigenvalue weighted by atomic mass is 16.5.